The van der Waals surface area contributed by atoms with Gasteiger partial charge in [0.25, 0.3) is 8.56 Å². The zero-order valence-electron chi connectivity index (χ0n) is 24.1. The minimum Gasteiger partial charge on any atom is -0.304 e. The molecule has 3 fully saturated rings. The third kappa shape index (κ3) is 8.47. The molecule has 3 saturated heterocycles. The Kier molecular flexibility index (Phi) is 12.0. The first-order valence-electron chi connectivity index (χ1n) is 14.7. The summed E-state index contributed by atoms with van der Waals surface area (Å²) in [4.78, 5) is 7.63. The van der Waals surface area contributed by atoms with Crippen LogP contribution in [-0.2, 0) is 0 Å². The average molecular weight is 523 g/mol. The highest BCUT2D eigenvalue weighted by molar-refractivity contribution is 6.82. The van der Waals surface area contributed by atoms with Gasteiger partial charge in [-0.25, -0.2) is 0 Å². The van der Waals surface area contributed by atoms with Crippen LogP contribution in [0.15, 0.2) is 12.3 Å². The van der Waals surface area contributed by atoms with Gasteiger partial charge in [-0.05, 0) is 27.2 Å². The molecule has 8 heteroatoms. The Bertz CT molecular complexity index is 554. The molecule has 0 atom stereocenters. The van der Waals surface area contributed by atoms with E-state index in [1.807, 2.05) is 0 Å². The summed E-state index contributed by atoms with van der Waals surface area (Å²) in [5.74, 6) is 0. The number of unbranched alkanes of at least 4 members (excludes halogenated alkanes) is 5. The van der Waals surface area contributed by atoms with E-state index in [0.29, 0.717) is 0 Å². The number of rotatable bonds is 13. The minimum absolute atomic E-state index is 1.11. The van der Waals surface area contributed by atoms with Crippen LogP contribution < -0.4 is 0 Å². The molecule has 3 aliphatic heterocycles. The van der Waals surface area contributed by atoms with Crippen molar-refractivity contribution in [3.8, 4) is 0 Å². The van der Waals surface area contributed by atoms with Gasteiger partial charge in [0.05, 0.1) is 8.07 Å². The molecule has 0 radical (unpaired) electrons. The van der Waals surface area contributed by atoms with Crippen molar-refractivity contribution in [2.75, 3.05) is 99.7 Å². The van der Waals surface area contributed by atoms with Crippen molar-refractivity contribution < 1.29 is 0 Å². The normalized spacial score (nSPS) is 23.7. The molecule has 0 aromatic rings. The third-order valence-corrected chi connectivity index (χ3v) is 17.3. The Hall–Kier alpha value is -0.0662. The average Bonchev–Trinajstić information content (AvgIpc) is 2.85. The van der Waals surface area contributed by atoms with Gasteiger partial charge in [0.1, 0.15) is 0 Å². The van der Waals surface area contributed by atoms with Crippen molar-refractivity contribution in [1.29, 1.82) is 0 Å². The first-order valence-corrected chi connectivity index (χ1v) is 20.0. The molecule has 204 valence electrons. The molecule has 0 amide bonds. The summed E-state index contributed by atoms with van der Waals surface area (Å²) >= 11 is 0. The van der Waals surface area contributed by atoms with E-state index in [0.717, 1.165) is 0 Å². The van der Waals surface area contributed by atoms with Gasteiger partial charge in [-0.1, -0.05) is 57.7 Å². The highest BCUT2D eigenvalue weighted by Crippen LogP contribution is 2.31. The molecule has 0 bridgehead atoms. The molecular formula is C27H58N6Si2. The van der Waals surface area contributed by atoms with Crippen molar-refractivity contribution in [2.45, 2.75) is 63.7 Å². The molecule has 6 nitrogen and oxygen atoms in total. The molecule has 3 rings (SSSR count). The molecule has 0 aromatic carbocycles. The fraction of sp³-hybridized carbons (Fsp3) is 0.926. The van der Waals surface area contributed by atoms with Crippen molar-refractivity contribution in [2.24, 2.45) is 0 Å². The van der Waals surface area contributed by atoms with Gasteiger partial charge in [-0.3, -0.25) is 13.7 Å². The fourth-order valence-electron chi connectivity index (χ4n) is 6.32. The lowest BCUT2D eigenvalue weighted by atomic mass is 10.1. The van der Waals surface area contributed by atoms with Crippen LogP contribution in [0, 0.1) is 0 Å². The van der Waals surface area contributed by atoms with Crippen LogP contribution in [0.2, 0.25) is 25.2 Å². The maximum absolute atomic E-state index is 4.07. The summed E-state index contributed by atoms with van der Waals surface area (Å²) in [7, 11) is 3.95. The Morgan fingerprint density at radius 3 is 1.17 bits per heavy atom. The topological polar surface area (TPSA) is 19.4 Å². The maximum Gasteiger partial charge on any atom is 0.289 e. The molecule has 0 aromatic heterocycles. The predicted octanol–water partition coefficient (Wildman–Crippen LogP) is 3.44. The number of hydrogen-bond donors (Lipinski definition) is 0. The summed E-state index contributed by atoms with van der Waals surface area (Å²) < 4.78 is 9.14. The lowest BCUT2D eigenvalue weighted by molar-refractivity contribution is 0.120. The summed E-state index contributed by atoms with van der Waals surface area (Å²) in [5, 5.41) is 0. The Balaban J connectivity index is 1.63. The van der Waals surface area contributed by atoms with E-state index in [4.69, 9.17) is 0 Å². The number of piperazine rings is 3. The summed E-state index contributed by atoms with van der Waals surface area (Å²) in [5.41, 5.74) is 2.27. The van der Waals surface area contributed by atoms with Gasteiger partial charge in [0, 0.05) is 78.5 Å². The van der Waals surface area contributed by atoms with E-state index >= 15 is 0 Å². The Labute approximate surface area is 220 Å². The summed E-state index contributed by atoms with van der Waals surface area (Å²) in [6, 6.07) is 2.86. The molecule has 0 N–H and O–H groups in total. The second-order valence-corrected chi connectivity index (χ2v) is 21.3. The highest BCUT2D eigenvalue weighted by atomic mass is 28.4. The summed E-state index contributed by atoms with van der Waals surface area (Å²) in [6.07, 6.45) is 8.52. The van der Waals surface area contributed by atoms with Crippen LogP contribution in [0.4, 0.5) is 0 Å². The monoisotopic (exact) mass is 522 g/mol. The zero-order valence-corrected chi connectivity index (χ0v) is 26.1. The van der Waals surface area contributed by atoms with E-state index in [9.17, 15) is 0 Å². The lowest BCUT2D eigenvalue weighted by Gasteiger charge is -2.58. The van der Waals surface area contributed by atoms with Gasteiger partial charge >= 0.3 is 0 Å². The standard InChI is InChI=1S/C27H58N6Si2/c1-7-34(5,6)26-12-10-8-9-11-13-27-35(31-20-14-28(2)15-21-31,32-22-16-29(3)17-23-32)33-24-18-30(4)19-25-33/h7H,1,8-27H2,2-6H3. The molecule has 3 aliphatic rings. The van der Waals surface area contributed by atoms with E-state index < -0.39 is 16.6 Å². The van der Waals surface area contributed by atoms with E-state index in [-0.39, 0.29) is 0 Å². The van der Waals surface area contributed by atoms with Crippen LogP contribution in [0.25, 0.3) is 0 Å². The maximum atomic E-state index is 4.07. The SMILES string of the molecule is C=C[Si](C)(C)CCCCCCCC[Si](N1CCN(C)CC1)(N1CCN(C)CC1)N1CCN(C)CC1. The van der Waals surface area contributed by atoms with E-state index in [2.05, 4.69) is 74.9 Å². The highest BCUT2D eigenvalue weighted by Gasteiger charge is 2.52. The van der Waals surface area contributed by atoms with E-state index in [1.54, 1.807) is 0 Å². The largest absolute Gasteiger partial charge is 0.304 e. The Morgan fingerprint density at radius 1 is 0.514 bits per heavy atom. The van der Waals surface area contributed by atoms with Gasteiger partial charge in [-0.15, -0.1) is 12.3 Å². The molecule has 3 heterocycles. The van der Waals surface area contributed by atoms with Crippen LogP contribution in [0.5, 0.6) is 0 Å². The quantitative estimate of drug-likeness (QED) is 0.271. The van der Waals surface area contributed by atoms with Crippen LogP contribution >= 0.6 is 0 Å². The number of hydrogen-bond acceptors (Lipinski definition) is 6. The van der Waals surface area contributed by atoms with E-state index in [1.165, 1.54) is 129 Å². The molecule has 0 spiro atoms. The van der Waals surface area contributed by atoms with Crippen molar-refractivity contribution in [3.05, 3.63) is 12.3 Å². The second kappa shape index (κ2) is 14.2. The smallest absolute Gasteiger partial charge is 0.289 e. The molecule has 0 saturated carbocycles. The van der Waals surface area contributed by atoms with Gasteiger partial charge in [0.2, 0.25) is 0 Å². The molecule has 35 heavy (non-hydrogen) atoms. The molecule has 0 aliphatic carbocycles. The zero-order chi connectivity index (χ0) is 25.3. The lowest BCUT2D eigenvalue weighted by Crippen LogP contribution is -2.80. The Morgan fingerprint density at radius 2 is 0.829 bits per heavy atom. The van der Waals surface area contributed by atoms with Crippen molar-refractivity contribution in [3.63, 3.8) is 0 Å². The molecular weight excluding hydrogens is 465 g/mol. The fourth-order valence-corrected chi connectivity index (χ4v) is 13.3. The van der Waals surface area contributed by atoms with Crippen LogP contribution in [-0.4, -0.2) is 145 Å². The summed E-state index contributed by atoms with van der Waals surface area (Å²) in [6.45, 7) is 24.0. The second-order valence-electron chi connectivity index (χ2n) is 12.5. The predicted molar refractivity (Wildman–Crippen MR) is 158 cm³/mol. The van der Waals surface area contributed by atoms with Crippen LogP contribution in [0.3, 0.4) is 0 Å². The third-order valence-electron chi connectivity index (χ3n) is 9.17. The van der Waals surface area contributed by atoms with Gasteiger partial charge in [-0.2, -0.15) is 0 Å². The first-order chi connectivity index (χ1) is 16.8. The van der Waals surface area contributed by atoms with Crippen molar-refractivity contribution >= 4 is 16.6 Å². The number of nitrogens with zero attached hydrogens (tertiary/aromatic N) is 6. The first kappa shape index (κ1) is 29.5. The van der Waals surface area contributed by atoms with Crippen molar-refractivity contribution in [1.82, 2.24) is 28.4 Å². The number of likely N-dealkylation sites (N-methyl/N-ethyl adjacent to an activating group) is 3. The van der Waals surface area contributed by atoms with Gasteiger partial charge < -0.3 is 14.7 Å². The van der Waals surface area contributed by atoms with Gasteiger partial charge in [0.15, 0.2) is 0 Å². The molecule has 0 unspecified atom stereocenters. The van der Waals surface area contributed by atoms with Crippen LogP contribution in [0.1, 0.15) is 38.5 Å². The minimum atomic E-state index is -1.87.